The number of ketones is 1. The van der Waals surface area contributed by atoms with Crippen LogP contribution in [0.1, 0.15) is 40.0 Å². The summed E-state index contributed by atoms with van der Waals surface area (Å²) in [7, 11) is 0. The predicted molar refractivity (Wildman–Crippen MR) is 52.4 cm³/mol. The summed E-state index contributed by atoms with van der Waals surface area (Å²) < 4.78 is 0. The van der Waals surface area contributed by atoms with Gasteiger partial charge in [0, 0.05) is 19.4 Å². The van der Waals surface area contributed by atoms with Crippen LogP contribution in [0.3, 0.4) is 0 Å². The molecule has 3 nitrogen and oxygen atoms in total. The van der Waals surface area contributed by atoms with Crippen LogP contribution in [-0.4, -0.2) is 18.2 Å². The second-order valence-corrected chi connectivity index (χ2v) is 3.73. The van der Waals surface area contributed by atoms with E-state index in [9.17, 15) is 9.59 Å². The summed E-state index contributed by atoms with van der Waals surface area (Å²) in [6, 6.07) is 0. The van der Waals surface area contributed by atoms with Gasteiger partial charge in [0.15, 0.2) is 0 Å². The highest BCUT2D eigenvalue weighted by molar-refractivity contribution is 5.78. The van der Waals surface area contributed by atoms with Crippen molar-refractivity contribution in [3.63, 3.8) is 0 Å². The number of hydrogen-bond donors (Lipinski definition) is 1. The molecular formula is C10H19NO2. The van der Waals surface area contributed by atoms with Crippen molar-refractivity contribution in [2.75, 3.05) is 6.54 Å². The maximum Gasteiger partial charge on any atom is 0.220 e. The van der Waals surface area contributed by atoms with E-state index in [1.807, 2.05) is 0 Å². The summed E-state index contributed by atoms with van der Waals surface area (Å²) in [6.07, 6.45) is 1.91. The van der Waals surface area contributed by atoms with Crippen molar-refractivity contribution in [3.8, 4) is 0 Å². The van der Waals surface area contributed by atoms with Crippen LogP contribution in [0.4, 0.5) is 0 Å². The SMILES string of the molecule is CC(=O)CCNC(=O)CCC(C)C. The second-order valence-electron chi connectivity index (χ2n) is 3.73. The van der Waals surface area contributed by atoms with Crippen molar-refractivity contribution in [2.24, 2.45) is 5.92 Å². The van der Waals surface area contributed by atoms with Gasteiger partial charge in [-0.3, -0.25) is 9.59 Å². The smallest absolute Gasteiger partial charge is 0.220 e. The van der Waals surface area contributed by atoms with Gasteiger partial charge in [0.25, 0.3) is 0 Å². The highest BCUT2D eigenvalue weighted by atomic mass is 16.1. The van der Waals surface area contributed by atoms with E-state index in [0.717, 1.165) is 6.42 Å². The summed E-state index contributed by atoms with van der Waals surface area (Å²) in [4.78, 5) is 21.6. The van der Waals surface area contributed by atoms with Crippen molar-refractivity contribution < 1.29 is 9.59 Å². The molecule has 3 heteroatoms. The van der Waals surface area contributed by atoms with E-state index in [-0.39, 0.29) is 11.7 Å². The first-order valence-electron chi connectivity index (χ1n) is 4.78. The highest BCUT2D eigenvalue weighted by Gasteiger charge is 2.02. The van der Waals surface area contributed by atoms with E-state index in [1.165, 1.54) is 6.92 Å². The number of hydrogen-bond acceptors (Lipinski definition) is 2. The highest BCUT2D eigenvalue weighted by Crippen LogP contribution is 2.02. The molecule has 0 heterocycles. The Kier molecular flexibility index (Phi) is 6.20. The lowest BCUT2D eigenvalue weighted by molar-refractivity contribution is -0.121. The third kappa shape index (κ3) is 9.05. The number of Topliss-reactive ketones (excluding diaryl/α,β-unsaturated/α-hetero) is 1. The van der Waals surface area contributed by atoms with Crippen molar-refractivity contribution >= 4 is 11.7 Å². The Morgan fingerprint density at radius 1 is 1.23 bits per heavy atom. The van der Waals surface area contributed by atoms with Crippen LogP contribution in [0.2, 0.25) is 0 Å². The van der Waals surface area contributed by atoms with E-state index in [2.05, 4.69) is 19.2 Å². The van der Waals surface area contributed by atoms with Gasteiger partial charge in [-0.2, -0.15) is 0 Å². The summed E-state index contributed by atoms with van der Waals surface area (Å²) in [6.45, 7) is 6.18. The molecule has 0 spiro atoms. The molecule has 76 valence electrons. The van der Waals surface area contributed by atoms with Crippen LogP contribution in [0.15, 0.2) is 0 Å². The monoisotopic (exact) mass is 185 g/mol. The van der Waals surface area contributed by atoms with Crippen LogP contribution in [0.25, 0.3) is 0 Å². The molecule has 0 aromatic heterocycles. The lowest BCUT2D eigenvalue weighted by atomic mass is 10.1. The summed E-state index contributed by atoms with van der Waals surface area (Å²) in [5.41, 5.74) is 0. The van der Waals surface area contributed by atoms with Gasteiger partial charge in [0.05, 0.1) is 0 Å². The van der Waals surface area contributed by atoms with E-state index in [1.54, 1.807) is 0 Å². The molecule has 0 aliphatic carbocycles. The van der Waals surface area contributed by atoms with E-state index in [0.29, 0.717) is 25.3 Å². The van der Waals surface area contributed by atoms with Crippen molar-refractivity contribution in [1.82, 2.24) is 5.32 Å². The third-order valence-corrected chi connectivity index (χ3v) is 1.75. The van der Waals surface area contributed by atoms with Gasteiger partial charge in [0.2, 0.25) is 5.91 Å². The van der Waals surface area contributed by atoms with Gasteiger partial charge in [-0.05, 0) is 19.3 Å². The maximum absolute atomic E-state index is 11.1. The van der Waals surface area contributed by atoms with Crippen molar-refractivity contribution in [3.05, 3.63) is 0 Å². The van der Waals surface area contributed by atoms with Crippen molar-refractivity contribution in [2.45, 2.75) is 40.0 Å². The van der Waals surface area contributed by atoms with E-state index in [4.69, 9.17) is 0 Å². The molecule has 0 aliphatic heterocycles. The molecule has 1 amide bonds. The van der Waals surface area contributed by atoms with E-state index < -0.39 is 0 Å². The Morgan fingerprint density at radius 3 is 2.31 bits per heavy atom. The molecular weight excluding hydrogens is 166 g/mol. The number of nitrogens with one attached hydrogen (secondary N) is 1. The second kappa shape index (κ2) is 6.63. The summed E-state index contributed by atoms with van der Waals surface area (Å²) in [5, 5.41) is 2.71. The van der Waals surface area contributed by atoms with Crippen LogP contribution in [-0.2, 0) is 9.59 Å². The molecule has 0 atom stereocenters. The van der Waals surface area contributed by atoms with Gasteiger partial charge in [-0.15, -0.1) is 0 Å². The van der Waals surface area contributed by atoms with Gasteiger partial charge < -0.3 is 5.32 Å². The fraction of sp³-hybridized carbons (Fsp3) is 0.800. The lowest BCUT2D eigenvalue weighted by Gasteiger charge is -2.05. The largest absolute Gasteiger partial charge is 0.356 e. The van der Waals surface area contributed by atoms with Crippen LogP contribution < -0.4 is 5.32 Å². The lowest BCUT2D eigenvalue weighted by Crippen LogP contribution is -2.25. The average Bonchev–Trinajstić information content (AvgIpc) is 2.00. The molecule has 0 saturated heterocycles. The fourth-order valence-electron chi connectivity index (χ4n) is 0.886. The zero-order valence-electron chi connectivity index (χ0n) is 8.72. The van der Waals surface area contributed by atoms with Crippen molar-refractivity contribution in [1.29, 1.82) is 0 Å². The van der Waals surface area contributed by atoms with Gasteiger partial charge in [0.1, 0.15) is 5.78 Å². The van der Waals surface area contributed by atoms with Gasteiger partial charge >= 0.3 is 0 Å². The molecule has 0 saturated carbocycles. The molecule has 0 fully saturated rings. The third-order valence-electron chi connectivity index (χ3n) is 1.75. The first kappa shape index (κ1) is 12.1. The standard InChI is InChI=1S/C10H19NO2/c1-8(2)4-5-10(13)11-7-6-9(3)12/h8H,4-7H2,1-3H3,(H,11,13). The van der Waals surface area contributed by atoms with Crippen LogP contribution in [0.5, 0.6) is 0 Å². The zero-order chi connectivity index (χ0) is 10.3. The average molecular weight is 185 g/mol. The Balaban J connectivity index is 3.35. The molecule has 0 aliphatic rings. The summed E-state index contributed by atoms with van der Waals surface area (Å²) in [5.74, 6) is 0.720. The topological polar surface area (TPSA) is 46.2 Å². The Labute approximate surface area is 79.9 Å². The quantitative estimate of drug-likeness (QED) is 0.682. The normalized spacial score (nSPS) is 10.2. The fourth-order valence-corrected chi connectivity index (χ4v) is 0.886. The number of amides is 1. The predicted octanol–water partition coefficient (Wildman–Crippen LogP) is 1.52. The summed E-state index contributed by atoms with van der Waals surface area (Å²) >= 11 is 0. The molecule has 0 rings (SSSR count). The number of rotatable bonds is 6. The maximum atomic E-state index is 11.1. The Hall–Kier alpha value is -0.860. The molecule has 0 aromatic carbocycles. The molecule has 0 bridgehead atoms. The zero-order valence-corrected chi connectivity index (χ0v) is 8.72. The first-order chi connectivity index (χ1) is 6.02. The van der Waals surface area contributed by atoms with Crippen LogP contribution in [0, 0.1) is 5.92 Å². The van der Waals surface area contributed by atoms with E-state index >= 15 is 0 Å². The van der Waals surface area contributed by atoms with Gasteiger partial charge in [-0.1, -0.05) is 13.8 Å². The Bertz CT molecular complexity index is 176. The van der Waals surface area contributed by atoms with Crippen LogP contribution >= 0.6 is 0 Å². The minimum Gasteiger partial charge on any atom is -0.356 e. The Morgan fingerprint density at radius 2 is 1.85 bits per heavy atom. The number of carbonyl (C=O) groups is 2. The molecule has 13 heavy (non-hydrogen) atoms. The molecule has 0 aromatic rings. The molecule has 1 N–H and O–H groups in total. The van der Waals surface area contributed by atoms with Gasteiger partial charge in [-0.25, -0.2) is 0 Å². The minimum atomic E-state index is 0.0509. The molecule has 0 radical (unpaired) electrons. The number of carbonyl (C=O) groups excluding carboxylic acids is 2. The molecule has 0 unspecified atom stereocenters. The minimum absolute atomic E-state index is 0.0509. The first-order valence-corrected chi connectivity index (χ1v) is 4.78.